The molecule has 0 unspecified atom stereocenters. The fourth-order valence-corrected chi connectivity index (χ4v) is 0.510. The molecule has 56 valence electrons. The molecule has 0 aromatic carbocycles. The summed E-state index contributed by atoms with van der Waals surface area (Å²) in [6, 6.07) is 1.68. The van der Waals surface area contributed by atoms with Gasteiger partial charge >= 0.3 is 5.69 Å². The Morgan fingerprint density at radius 1 is 1.70 bits per heavy atom. The van der Waals surface area contributed by atoms with Crippen molar-refractivity contribution in [3.8, 4) is 0 Å². The number of halogens is 1. The number of rotatable bonds is 1. The maximum absolute atomic E-state index is 10.4. The topological polar surface area (TPSA) is 57.8 Å². The lowest BCUT2D eigenvalue weighted by Gasteiger charge is -1.92. The molecule has 1 rings (SSSR count). The Morgan fingerprint density at radius 2 is 2.40 bits per heavy atom. The third-order valence-corrected chi connectivity index (χ3v) is 0.926. The molecular formula is C5H8ClN3O. The van der Waals surface area contributed by atoms with Gasteiger partial charge in [-0.15, -0.1) is 12.4 Å². The first-order valence-electron chi connectivity index (χ1n) is 2.56. The summed E-state index contributed by atoms with van der Waals surface area (Å²) in [5.41, 5.74) is -0.332. The van der Waals surface area contributed by atoms with Crippen LogP contribution >= 0.6 is 12.4 Å². The fourth-order valence-electron chi connectivity index (χ4n) is 0.510. The molecule has 0 saturated carbocycles. The van der Waals surface area contributed by atoms with Gasteiger partial charge in [0.25, 0.3) is 0 Å². The van der Waals surface area contributed by atoms with E-state index in [9.17, 15) is 4.79 Å². The van der Waals surface area contributed by atoms with Crippen LogP contribution in [0.5, 0.6) is 0 Å². The van der Waals surface area contributed by atoms with Crippen LogP contribution in [-0.2, 0) is 0 Å². The van der Waals surface area contributed by atoms with E-state index in [0.29, 0.717) is 5.82 Å². The van der Waals surface area contributed by atoms with Crippen LogP contribution in [-0.4, -0.2) is 17.0 Å². The lowest BCUT2D eigenvalue weighted by Crippen LogP contribution is -2.10. The molecule has 0 atom stereocenters. The average Bonchev–Trinajstić information content (AvgIpc) is 1.88. The van der Waals surface area contributed by atoms with E-state index in [1.807, 2.05) is 0 Å². The van der Waals surface area contributed by atoms with Gasteiger partial charge in [0, 0.05) is 13.2 Å². The Labute approximate surface area is 64.1 Å². The van der Waals surface area contributed by atoms with Crippen LogP contribution in [0.3, 0.4) is 0 Å². The highest BCUT2D eigenvalue weighted by Gasteiger charge is 1.86. The van der Waals surface area contributed by atoms with Crippen LogP contribution in [0.4, 0.5) is 5.82 Å². The highest BCUT2D eigenvalue weighted by molar-refractivity contribution is 5.85. The average molecular weight is 162 g/mol. The largest absolute Gasteiger partial charge is 0.373 e. The van der Waals surface area contributed by atoms with Crippen molar-refractivity contribution >= 4 is 18.2 Å². The van der Waals surface area contributed by atoms with Gasteiger partial charge in [0.1, 0.15) is 5.82 Å². The maximum Gasteiger partial charge on any atom is 0.346 e. The van der Waals surface area contributed by atoms with Crippen LogP contribution in [0.1, 0.15) is 0 Å². The quantitative estimate of drug-likeness (QED) is 0.620. The minimum Gasteiger partial charge on any atom is -0.373 e. The van der Waals surface area contributed by atoms with E-state index in [0.717, 1.165) is 0 Å². The van der Waals surface area contributed by atoms with Gasteiger partial charge in [0.2, 0.25) is 0 Å². The first kappa shape index (κ1) is 8.97. The van der Waals surface area contributed by atoms with Gasteiger partial charge in [0.05, 0.1) is 0 Å². The first-order chi connectivity index (χ1) is 4.33. The number of anilines is 1. The van der Waals surface area contributed by atoms with E-state index >= 15 is 0 Å². The van der Waals surface area contributed by atoms with Crippen molar-refractivity contribution in [1.29, 1.82) is 0 Å². The van der Waals surface area contributed by atoms with Crippen LogP contribution in [0.2, 0.25) is 0 Å². The summed E-state index contributed by atoms with van der Waals surface area (Å²) in [6.45, 7) is 0. The lowest BCUT2D eigenvalue weighted by atomic mass is 10.6. The van der Waals surface area contributed by atoms with Crippen LogP contribution < -0.4 is 11.0 Å². The molecule has 1 aromatic heterocycles. The Hall–Kier alpha value is -1.03. The summed E-state index contributed by atoms with van der Waals surface area (Å²) in [4.78, 5) is 16.4. The van der Waals surface area contributed by atoms with Crippen LogP contribution in [0.25, 0.3) is 0 Å². The summed E-state index contributed by atoms with van der Waals surface area (Å²) >= 11 is 0. The molecule has 1 aromatic rings. The second kappa shape index (κ2) is 3.90. The smallest absolute Gasteiger partial charge is 0.346 e. The molecule has 0 aliphatic heterocycles. The van der Waals surface area contributed by atoms with Crippen LogP contribution in [0, 0.1) is 0 Å². The van der Waals surface area contributed by atoms with Crippen molar-refractivity contribution in [2.45, 2.75) is 0 Å². The molecule has 2 N–H and O–H groups in total. The van der Waals surface area contributed by atoms with E-state index < -0.39 is 0 Å². The number of hydrogen-bond acceptors (Lipinski definition) is 3. The van der Waals surface area contributed by atoms with E-state index in [1.54, 1.807) is 19.3 Å². The molecule has 0 aliphatic carbocycles. The zero-order valence-electron chi connectivity index (χ0n) is 5.42. The predicted octanol–water partition coefficient (Wildman–Crippen LogP) is 0.233. The third-order valence-electron chi connectivity index (χ3n) is 0.926. The Kier molecular flexibility index (Phi) is 3.49. The van der Waals surface area contributed by atoms with E-state index in [4.69, 9.17) is 0 Å². The van der Waals surface area contributed by atoms with Crippen molar-refractivity contribution in [2.75, 3.05) is 12.4 Å². The summed E-state index contributed by atoms with van der Waals surface area (Å²) in [7, 11) is 1.71. The SMILES string of the molecule is CNc1cc[nH]c(=O)n1.Cl. The number of aromatic nitrogens is 2. The molecular weight excluding hydrogens is 154 g/mol. The Balaban J connectivity index is 0.000000810. The fraction of sp³-hybridized carbons (Fsp3) is 0.200. The predicted molar refractivity (Wildman–Crippen MR) is 41.7 cm³/mol. The van der Waals surface area contributed by atoms with Crippen molar-refractivity contribution < 1.29 is 0 Å². The molecule has 10 heavy (non-hydrogen) atoms. The zero-order chi connectivity index (χ0) is 6.69. The first-order valence-corrected chi connectivity index (χ1v) is 2.56. The summed E-state index contributed by atoms with van der Waals surface area (Å²) in [6.07, 6.45) is 1.54. The van der Waals surface area contributed by atoms with Gasteiger partial charge in [-0.2, -0.15) is 4.98 Å². The lowest BCUT2D eigenvalue weighted by molar-refractivity contribution is 1.07. The molecule has 0 spiro atoms. The molecule has 0 radical (unpaired) electrons. The Morgan fingerprint density at radius 3 is 2.80 bits per heavy atom. The second-order valence-corrected chi connectivity index (χ2v) is 1.53. The number of nitrogens with zero attached hydrogens (tertiary/aromatic N) is 1. The minimum absolute atomic E-state index is 0. The second-order valence-electron chi connectivity index (χ2n) is 1.53. The molecule has 4 nitrogen and oxygen atoms in total. The highest BCUT2D eigenvalue weighted by Crippen LogP contribution is 1.90. The van der Waals surface area contributed by atoms with Crippen molar-refractivity contribution in [3.63, 3.8) is 0 Å². The number of H-pyrrole nitrogens is 1. The zero-order valence-corrected chi connectivity index (χ0v) is 6.23. The molecule has 0 aliphatic rings. The van der Waals surface area contributed by atoms with E-state index in [1.165, 1.54) is 0 Å². The normalized spacial score (nSPS) is 8.10. The molecule has 0 amide bonds. The summed E-state index contributed by atoms with van der Waals surface area (Å²) in [5, 5.41) is 2.74. The van der Waals surface area contributed by atoms with Crippen LogP contribution in [0.15, 0.2) is 17.1 Å². The monoisotopic (exact) mass is 161 g/mol. The highest BCUT2D eigenvalue weighted by atomic mass is 35.5. The minimum atomic E-state index is -0.332. The number of aromatic amines is 1. The van der Waals surface area contributed by atoms with E-state index in [-0.39, 0.29) is 18.1 Å². The standard InChI is InChI=1S/C5H7N3O.ClH/c1-6-4-2-3-7-5(9)8-4;/h2-3H,1H3,(H2,6,7,8,9);1H. The maximum atomic E-state index is 10.4. The van der Waals surface area contributed by atoms with Gasteiger partial charge in [0.15, 0.2) is 0 Å². The van der Waals surface area contributed by atoms with Gasteiger partial charge < -0.3 is 10.3 Å². The van der Waals surface area contributed by atoms with Gasteiger partial charge in [-0.25, -0.2) is 4.79 Å². The number of nitrogens with one attached hydrogen (secondary N) is 2. The van der Waals surface area contributed by atoms with Crippen molar-refractivity contribution in [2.24, 2.45) is 0 Å². The van der Waals surface area contributed by atoms with E-state index in [2.05, 4.69) is 15.3 Å². The molecule has 5 heteroatoms. The molecule has 1 heterocycles. The summed E-state index contributed by atoms with van der Waals surface area (Å²) in [5.74, 6) is 0.582. The third kappa shape index (κ3) is 2.06. The summed E-state index contributed by atoms with van der Waals surface area (Å²) < 4.78 is 0. The van der Waals surface area contributed by atoms with Gasteiger partial charge in [-0.1, -0.05) is 0 Å². The Bertz CT molecular complexity index is 247. The van der Waals surface area contributed by atoms with Crippen molar-refractivity contribution in [1.82, 2.24) is 9.97 Å². The molecule has 0 saturated heterocycles. The van der Waals surface area contributed by atoms with Gasteiger partial charge in [-0.3, -0.25) is 0 Å². The van der Waals surface area contributed by atoms with Gasteiger partial charge in [-0.05, 0) is 6.07 Å². The molecule has 0 fully saturated rings. The number of hydrogen-bond donors (Lipinski definition) is 2. The van der Waals surface area contributed by atoms with Crippen molar-refractivity contribution in [3.05, 3.63) is 22.7 Å². The molecule has 0 bridgehead atoms.